The van der Waals surface area contributed by atoms with Gasteiger partial charge in [0.15, 0.2) is 5.96 Å². The minimum Gasteiger partial charge on any atom is -0.361 e. The molecule has 3 rings (SSSR count). The van der Waals surface area contributed by atoms with Crippen molar-refractivity contribution in [3.63, 3.8) is 0 Å². The first-order valence-corrected chi connectivity index (χ1v) is 10.2. The Morgan fingerprint density at radius 2 is 2.10 bits per heavy atom. The highest BCUT2D eigenvalue weighted by molar-refractivity contribution is 14.0. The zero-order valence-electron chi connectivity index (χ0n) is 17.8. The van der Waals surface area contributed by atoms with Crippen LogP contribution >= 0.6 is 24.0 Å². The summed E-state index contributed by atoms with van der Waals surface area (Å²) in [6.07, 6.45) is 6.93. The average molecular weight is 508 g/mol. The normalized spacial score (nSPS) is 11.7. The fraction of sp³-hybridized carbons (Fsp3) is 0.455. The van der Waals surface area contributed by atoms with E-state index in [-0.39, 0.29) is 24.0 Å². The van der Waals surface area contributed by atoms with Gasteiger partial charge in [-0.15, -0.1) is 24.0 Å². The number of nitrogens with one attached hydrogen (secondary N) is 3. The molecule has 3 N–H and O–H groups in total. The number of fused-ring (bicyclic) bond motifs is 1. The van der Waals surface area contributed by atoms with Gasteiger partial charge in [0, 0.05) is 49.1 Å². The standard InChI is InChI=1S/C22H32N6.HI/c1-5-23-22(27-14-21-24-10-11-28(21)15-16(2)3)25-9-8-18-13-26-20-12-17(4)6-7-19(18)20;/h6-7,10-13,16,26H,5,8-9,14-15H2,1-4H3,(H2,23,25,27);1H. The molecule has 0 saturated carbocycles. The van der Waals surface area contributed by atoms with Gasteiger partial charge in [-0.3, -0.25) is 0 Å². The first kappa shape index (κ1) is 23.3. The maximum absolute atomic E-state index is 4.72. The molecule has 158 valence electrons. The number of aromatic amines is 1. The monoisotopic (exact) mass is 508 g/mol. The Morgan fingerprint density at radius 1 is 1.28 bits per heavy atom. The van der Waals surface area contributed by atoms with Crippen LogP contribution in [0.1, 0.15) is 37.7 Å². The third kappa shape index (κ3) is 6.48. The van der Waals surface area contributed by atoms with Crippen molar-refractivity contribution in [2.24, 2.45) is 10.9 Å². The number of rotatable bonds is 8. The smallest absolute Gasteiger partial charge is 0.191 e. The molecule has 0 atom stereocenters. The van der Waals surface area contributed by atoms with E-state index in [0.29, 0.717) is 12.5 Å². The van der Waals surface area contributed by atoms with Gasteiger partial charge in [-0.1, -0.05) is 26.0 Å². The van der Waals surface area contributed by atoms with Crippen molar-refractivity contribution < 1.29 is 0 Å². The molecule has 0 bridgehead atoms. The molecule has 0 amide bonds. The summed E-state index contributed by atoms with van der Waals surface area (Å²) in [7, 11) is 0. The number of benzene rings is 1. The molecule has 2 aromatic heterocycles. The molecule has 0 fully saturated rings. The van der Waals surface area contributed by atoms with Crippen molar-refractivity contribution in [1.82, 2.24) is 25.2 Å². The average Bonchev–Trinajstić information content (AvgIpc) is 3.25. The second-order valence-corrected chi connectivity index (χ2v) is 7.62. The lowest BCUT2D eigenvalue weighted by atomic mass is 10.1. The second kappa shape index (κ2) is 11.2. The molecule has 0 radical (unpaired) electrons. The lowest BCUT2D eigenvalue weighted by Gasteiger charge is -2.12. The summed E-state index contributed by atoms with van der Waals surface area (Å²) < 4.78 is 2.19. The molecule has 0 aliphatic rings. The first-order valence-electron chi connectivity index (χ1n) is 10.2. The molecule has 0 spiro atoms. The minimum absolute atomic E-state index is 0. The van der Waals surface area contributed by atoms with Crippen LogP contribution < -0.4 is 10.6 Å². The Kier molecular flexibility index (Phi) is 9.00. The van der Waals surface area contributed by atoms with Gasteiger partial charge in [0.25, 0.3) is 0 Å². The summed E-state index contributed by atoms with van der Waals surface area (Å²) in [5.41, 5.74) is 3.80. The number of aliphatic imine (C=N–C) groups is 1. The number of imidazole rings is 1. The summed E-state index contributed by atoms with van der Waals surface area (Å²) in [6.45, 7) is 11.8. The van der Waals surface area contributed by atoms with Crippen molar-refractivity contribution in [2.45, 2.75) is 47.2 Å². The third-order valence-corrected chi connectivity index (χ3v) is 4.70. The van der Waals surface area contributed by atoms with Crippen molar-refractivity contribution in [3.05, 3.63) is 53.7 Å². The predicted octanol–water partition coefficient (Wildman–Crippen LogP) is 4.24. The highest BCUT2D eigenvalue weighted by Gasteiger charge is 2.06. The summed E-state index contributed by atoms with van der Waals surface area (Å²) in [5.74, 6) is 2.42. The zero-order chi connectivity index (χ0) is 19.9. The lowest BCUT2D eigenvalue weighted by molar-refractivity contribution is 0.507. The Hall–Kier alpha value is -2.03. The summed E-state index contributed by atoms with van der Waals surface area (Å²) >= 11 is 0. The largest absolute Gasteiger partial charge is 0.361 e. The molecule has 3 aromatic rings. The van der Waals surface area contributed by atoms with Gasteiger partial charge < -0.3 is 20.2 Å². The van der Waals surface area contributed by atoms with Crippen molar-refractivity contribution in [1.29, 1.82) is 0 Å². The number of hydrogen-bond donors (Lipinski definition) is 3. The highest BCUT2D eigenvalue weighted by atomic mass is 127. The lowest BCUT2D eigenvalue weighted by Crippen LogP contribution is -2.38. The van der Waals surface area contributed by atoms with E-state index < -0.39 is 0 Å². The molecule has 7 heteroatoms. The number of H-pyrrole nitrogens is 1. The van der Waals surface area contributed by atoms with Crippen LogP contribution in [0.5, 0.6) is 0 Å². The topological polar surface area (TPSA) is 70.0 Å². The van der Waals surface area contributed by atoms with Crippen LogP contribution in [0.3, 0.4) is 0 Å². The van der Waals surface area contributed by atoms with E-state index in [9.17, 15) is 0 Å². The molecule has 0 aliphatic carbocycles. The van der Waals surface area contributed by atoms with Crippen LogP contribution in [0.4, 0.5) is 0 Å². The van der Waals surface area contributed by atoms with Gasteiger partial charge in [-0.2, -0.15) is 0 Å². The van der Waals surface area contributed by atoms with Crippen LogP contribution in [0.15, 0.2) is 41.8 Å². The molecular weight excluding hydrogens is 475 g/mol. The Bertz CT molecular complexity index is 924. The Balaban J connectivity index is 0.00000300. The van der Waals surface area contributed by atoms with E-state index in [1.807, 2.05) is 12.4 Å². The van der Waals surface area contributed by atoms with Crippen LogP contribution in [0, 0.1) is 12.8 Å². The molecule has 1 aromatic carbocycles. The fourth-order valence-electron chi connectivity index (χ4n) is 3.37. The first-order chi connectivity index (χ1) is 13.6. The number of halogens is 1. The van der Waals surface area contributed by atoms with Crippen LogP contribution in [0.2, 0.25) is 0 Å². The zero-order valence-corrected chi connectivity index (χ0v) is 20.2. The second-order valence-electron chi connectivity index (χ2n) is 7.62. The molecule has 29 heavy (non-hydrogen) atoms. The predicted molar refractivity (Wildman–Crippen MR) is 132 cm³/mol. The van der Waals surface area contributed by atoms with Gasteiger partial charge in [0.1, 0.15) is 12.4 Å². The van der Waals surface area contributed by atoms with Crippen molar-refractivity contribution in [3.8, 4) is 0 Å². The molecule has 0 saturated heterocycles. The van der Waals surface area contributed by atoms with Gasteiger partial charge in [0.2, 0.25) is 0 Å². The van der Waals surface area contributed by atoms with E-state index in [1.54, 1.807) is 0 Å². The number of guanidine groups is 1. The number of aromatic nitrogens is 3. The fourth-order valence-corrected chi connectivity index (χ4v) is 3.37. The summed E-state index contributed by atoms with van der Waals surface area (Å²) in [4.78, 5) is 12.6. The van der Waals surface area contributed by atoms with Crippen LogP contribution in [-0.4, -0.2) is 33.6 Å². The number of nitrogens with zero attached hydrogens (tertiary/aromatic N) is 3. The van der Waals surface area contributed by atoms with Gasteiger partial charge in [-0.05, 0) is 43.4 Å². The van der Waals surface area contributed by atoms with Gasteiger partial charge in [0.05, 0.1) is 0 Å². The quantitative estimate of drug-likeness (QED) is 0.242. The van der Waals surface area contributed by atoms with Gasteiger partial charge in [-0.25, -0.2) is 9.98 Å². The van der Waals surface area contributed by atoms with E-state index >= 15 is 0 Å². The Morgan fingerprint density at radius 3 is 2.86 bits per heavy atom. The van der Waals surface area contributed by atoms with Crippen molar-refractivity contribution in [2.75, 3.05) is 13.1 Å². The molecular formula is C22H33IN6. The van der Waals surface area contributed by atoms with E-state index in [1.165, 1.54) is 22.0 Å². The maximum Gasteiger partial charge on any atom is 0.191 e. The van der Waals surface area contributed by atoms with Crippen LogP contribution in [0.25, 0.3) is 10.9 Å². The molecule has 6 nitrogen and oxygen atoms in total. The third-order valence-electron chi connectivity index (χ3n) is 4.70. The molecule has 2 heterocycles. The van der Waals surface area contributed by atoms with E-state index in [4.69, 9.17) is 4.99 Å². The van der Waals surface area contributed by atoms with Gasteiger partial charge >= 0.3 is 0 Å². The summed E-state index contributed by atoms with van der Waals surface area (Å²) in [5, 5.41) is 8.07. The maximum atomic E-state index is 4.72. The van der Waals surface area contributed by atoms with E-state index in [2.05, 4.69) is 77.3 Å². The SMILES string of the molecule is CCNC(=NCc1nccn1CC(C)C)NCCc1c[nH]c2cc(C)ccc12.I. The van der Waals surface area contributed by atoms with E-state index in [0.717, 1.165) is 37.8 Å². The summed E-state index contributed by atoms with van der Waals surface area (Å²) in [6, 6.07) is 6.55. The van der Waals surface area contributed by atoms with Crippen molar-refractivity contribution >= 4 is 40.8 Å². The minimum atomic E-state index is 0. The molecule has 0 unspecified atom stereocenters. The number of hydrogen-bond acceptors (Lipinski definition) is 2. The van der Waals surface area contributed by atoms with Crippen LogP contribution in [-0.2, 0) is 19.5 Å². The highest BCUT2D eigenvalue weighted by Crippen LogP contribution is 2.19. The number of aryl methyl sites for hydroxylation is 1. The molecule has 0 aliphatic heterocycles. The Labute approximate surface area is 190 Å².